The van der Waals surface area contributed by atoms with Crippen LogP contribution in [0.2, 0.25) is 0 Å². The van der Waals surface area contributed by atoms with Gasteiger partial charge in [-0.25, -0.2) is 4.39 Å². The summed E-state index contributed by atoms with van der Waals surface area (Å²) in [4.78, 5) is 0. The van der Waals surface area contributed by atoms with Crippen molar-refractivity contribution in [3.8, 4) is 5.75 Å². The second-order valence-electron chi connectivity index (χ2n) is 4.83. The first-order valence-corrected chi connectivity index (χ1v) is 6.81. The van der Waals surface area contributed by atoms with Crippen molar-refractivity contribution in [2.45, 2.75) is 19.4 Å². The second-order valence-corrected chi connectivity index (χ2v) is 4.83. The standard InChI is InChI=1S/C17H20FNO/c1-13(15-4-3-5-16(18)12-15)19-11-10-14-6-8-17(20-2)9-7-14/h3-9,12-13,19H,10-11H2,1-2H3/t13-/m1/s1. The summed E-state index contributed by atoms with van der Waals surface area (Å²) < 4.78 is 18.3. The Balaban J connectivity index is 1.82. The molecular formula is C17H20FNO. The van der Waals surface area contributed by atoms with Gasteiger partial charge in [0.15, 0.2) is 0 Å². The van der Waals surface area contributed by atoms with Gasteiger partial charge in [0.1, 0.15) is 11.6 Å². The van der Waals surface area contributed by atoms with Gasteiger partial charge in [-0.1, -0.05) is 24.3 Å². The highest BCUT2D eigenvalue weighted by Crippen LogP contribution is 2.14. The van der Waals surface area contributed by atoms with E-state index >= 15 is 0 Å². The van der Waals surface area contributed by atoms with E-state index in [0.717, 1.165) is 24.3 Å². The number of hydrogen-bond acceptors (Lipinski definition) is 2. The van der Waals surface area contributed by atoms with Gasteiger partial charge in [0.2, 0.25) is 0 Å². The highest BCUT2D eigenvalue weighted by molar-refractivity contribution is 5.27. The van der Waals surface area contributed by atoms with Crippen molar-refractivity contribution in [1.82, 2.24) is 5.32 Å². The summed E-state index contributed by atoms with van der Waals surface area (Å²) in [5.41, 5.74) is 2.23. The summed E-state index contributed by atoms with van der Waals surface area (Å²) in [7, 11) is 1.66. The van der Waals surface area contributed by atoms with E-state index in [2.05, 4.69) is 17.4 Å². The number of methoxy groups -OCH3 is 1. The average Bonchev–Trinajstić information content (AvgIpc) is 2.48. The van der Waals surface area contributed by atoms with Crippen LogP contribution < -0.4 is 10.1 Å². The summed E-state index contributed by atoms with van der Waals surface area (Å²) in [6.45, 7) is 2.90. The molecule has 0 saturated carbocycles. The molecule has 0 aliphatic carbocycles. The smallest absolute Gasteiger partial charge is 0.123 e. The Hall–Kier alpha value is -1.87. The third kappa shape index (κ3) is 4.07. The van der Waals surface area contributed by atoms with E-state index in [1.54, 1.807) is 19.2 Å². The Labute approximate surface area is 119 Å². The van der Waals surface area contributed by atoms with E-state index in [1.807, 2.05) is 25.1 Å². The van der Waals surface area contributed by atoms with E-state index < -0.39 is 0 Å². The van der Waals surface area contributed by atoms with Crippen LogP contribution in [0.3, 0.4) is 0 Å². The van der Waals surface area contributed by atoms with Gasteiger partial charge in [-0.3, -0.25) is 0 Å². The van der Waals surface area contributed by atoms with Crippen molar-refractivity contribution in [1.29, 1.82) is 0 Å². The van der Waals surface area contributed by atoms with Crippen LogP contribution in [-0.2, 0) is 6.42 Å². The van der Waals surface area contributed by atoms with Crippen LogP contribution in [0.1, 0.15) is 24.1 Å². The van der Waals surface area contributed by atoms with Gasteiger partial charge < -0.3 is 10.1 Å². The molecule has 1 N–H and O–H groups in total. The third-order valence-corrected chi connectivity index (χ3v) is 3.37. The molecule has 0 fully saturated rings. The lowest BCUT2D eigenvalue weighted by Crippen LogP contribution is -2.21. The summed E-state index contributed by atoms with van der Waals surface area (Å²) >= 11 is 0. The molecule has 0 spiro atoms. The Kier molecular flexibility index (Phi) is 5.13. The first-order chi connectivity index (χ1) is 9.69. The van der Waals surface area contributed by atoms with Crippen molar-refractivity contribution in [3.63, 3.8) is 0 Å². The van der Waals surface area contributed by atoms with Crippen LogP contribution in [0, 0.1) is 5.82 Å². The first-order valence-electron chi connectivity index (χ1n) is 6.81. The Morgan fingerprint density at radius 2 is 1.90 bits per heavy atom. The Bertz CT molecular complexity index is 539. The fourth-order valence-corrected chi connectivity index (χ4v) is 2.12. The van der Waals surface area contributed by atoms with Gasteiger partial charge in [0.05, 0.1) is 7.11 Å². The number of nitrogens with one attached hydrogen (secondary N) is 1. The summed E-state index contributed by atoms with van der Waals surface area (Å²) in [5, 5.41) is 3.41. The molecule has 0 aliphatic rings. The maximum atomic E-state index is 13.1. The van der Waals surface area contributed by atoms with E-state index in [0.29, 0.717) is 0 Å². The zero-order chi connectivity index (χ0) is 14.4. The summed E-state index contributed by atoms with van der Waals surface area (Å²) in [6.07, 6.45) is 0.934. The van der Waals surface area contributed by atoms with E-state index in [4.69, 9.17) is 4.74 Å². The second kappa shape index (κ2) is 7.06. The van der Waals surface area contributed by atoms with Gasteiger partial charge in [-0.15, -0.1) is 0 Å². The van der Waals surface area contributed by atoms with Gasteiger partial charge in [0, 0.05) is 6.04 Å². The number of ether oxygens (including phenoxy) is 1. The molecule has 20 heavy (non-hydrogen) atoms. The van der Waals surface area contributed by atoms with Crippen molar-refractivity contribution in [2.24, 2.45) is 0 Å². The monoisotopic (exact) mass is 273 g/mol. The molecule has 1 atom stereocenters. The zero-order valence-electron chi connectivity index (χ0n) is 11.9. The number of hydrogen-bond donors (Lipinski definition) is 1. The lowest BCUT2D eigenvalue weighted by molar-refractivity contribution is 0.414. The Morgan fingerprint density at radius 1 is 1.15 bits per heavy atom. The molecule has 2 nitrogen and oxygen atoms in total. The summed E-state index contributed by atoms with van der Waals surface area (Å²) in [6, 6.07) is 14.9. The minimum Gasteiger partial charge on any atom is -0.497 e. The molecule has 0 heterocycles. The van der Waals surface area contributed by atoms with E-state index in [1.165, 1.54) is 11.6 Å². The third-order valence-electron chi connectivity index (χ3n) is 3.37. The number of rotatable bonds is 6. The highest BCUT2D eigenvalue weighted by atomic mass is 19.1. The van der Waals surface area contributed by atoms with Crippen LogP contribution >= 0.6 is 0 Å². The number of halogens is 1. The highest BCUT2D eigenvalue weighted by Gasteiger charge is 2.05. The average molecular weight is 273 g/mol. The number of benzene rings is 2. The molecule has 3 heteroatoms. The topological polar surface area (TPSA) is 21.3 Å². The Morgan fingerprint density at radius 3 is 2.55 bits per heavy atom. The van der Waals surface area contributed by atoms with Crippen LogP contribution in [0.4, 0.5) is 4.39 Å². The largest absolute Gasteiger partial charge is 0.497 e. The minimum atomic E-state index is -0.189. The SMILES string of the molecule is COc1ccc(CCN[C@H](C)c2cccc(F)c2)cc1. The molecule has 0 aliphatic heterocycles. The van der Waals surface area contributed by atoms with Crippen LogP contribution in [0.25, 0.3) is 0 Å². The summed E-state index contributed by atoms with van der Waals surface area (Å²) in [5.74, 6) is 0.682. The van der Waals surface area contributed by atoms with Gasteiger partial charge in [0.25, 0.3) is 0 Å². The fourth-order valence-electron chi connectivity index (χ4n) is 2.12. The molecule has 0 unspecified atom stereocenters. The van der Waals surface area contributed by atoms with Crippen LogP contribution in [0.5, 0.6) is 5.75 Å². The van der Waals surface area contributed by atoms with Crippen molar-refractivity contribution >= 4 is 0 Å². The predicted octanol–water partition coefficient (Wildman–Crippen LogP) is 3.73. The predicted molar refractivity (Wildman–Crippen MR) is 79.5 cm³/mol. The van der Waals surface area contributed by atoms with Crippen molar-refractivity contribution in [3.05, 3.63) is 65.5 Å². The molecule has 0 saturated heterocycles. The maximum absolute atomic E-state index is 13.1. The van der Waals surface area contributed by atoms with Crippen LogP contribution in [-0.4, -0.2) is 13.7 Å². The zero-order valence-corrected chi connectivity index (χ0v) is 11.9. The molecule has 0 bridgehead atoms. The fraction of sp³-hybridized carbons (Fsp3) is 0.294. The lowest BCUT2D eigenvalue weighted by Gasteiger charge is -2.14. The first kappa shape index (κ1) is 14.5. The molecular weight excluding hydrogens is 253 g/mol. The van der Waals surface area contributed by atoms with E-state index in [-0.39, 0.29) is 11.9 Å². The molecule has 0 radical (unpaired) electrons. The van der Waals surface area contributed by atoms with Gasteiger partial charge in [-0.2, -0.15) is 0 Å². The normalized spacial score (nSPS) is 12.2. The molecule has 0 amide bonds. The van der Waals surface area contributed by atoms with Gasteiger partial charge >= 0.3 is 0 Å². The van der Waals surface area contributed by atoms with Gasteiger partial charge in [-0.05, 0) is 55.3 Å². The maximum Gasteiger partial charge on any atom is 0.123 e. The molecule has 106 valence electrons. The van der Waals surface area contributed by atoms with Crippen molar-refractivity contribution < 1.29 is 9.13 Å². The molecule has 2 aromatic carbocycles. The van der Waals surface area contributed by atoms with Crippen LogP contribution in [0.15, 0.2) is 48.5 Å². The molecule has 2 aromatic rings. The van der Waals surface area contributed by atoms with E-state index in [9.17, 15) is 4.39 Å². The molecule has 0 aromatic heterocycles. The molecule has 2 rings (SSSR count). The van der Waals surface area contributed by atoms with Crippen molar-refractivity contribution in [2.75, 3.05) is 13.7 Å². The minimum absolute atomic E-state index is 0.143. The quantitative estimate of drug-likeness (QED) is 0.866. The lowest BCUT2D eigenvalue weighted by atomic mass is 10.1.